The first-order chi connectivity index (χ1) is 9.72. The van der Waals surface area contributed by atoms with Gasteiger partial charge in [0.1, 0.15) is 11.6 Å². The molecule has 0 aliphatic rings. The maximum atomic E-state index is 11.2. The van der Waals surface area contributed by atoms with E-state index in [9.17, 15) is 4.79 Å². The summed E-state index contributed by atoms with van der Waals surface area (Å²) in [4.78, 5) is 15.5. The predicted molar refractivity (Wildman–Crippen MR) is 81.0 cm³/mol. The Morgan fingerprint density at radius 3 is 3.05 bits per heavy atom. The predicted octanol–water partition coefficient (Wildman–Crippen LogP) is 2.89. The number of aromatic nitrogens is 1. The molecule has 1 heterocycles. The number of benzene rings is 1. The quantitative estimate of drug-likeness (QED) is 0.630. The van der Waals surface area contributed by atoms with Crippen LogP contribution >= 0.6 is 22.9 Å². The minimum absolute atomic E-state index is 0.0796. The lowest BCUT2D eigenvalue weighted by Gasteiger charge is -2.05. The number of ether oxygens (including phenoxy) is 2. The van der Waals surface area contributed by atoms with Gasteiger partial charge >= 0.3 is 0 Å². The minimum atomic E-state index is -0.262. The maximum absolute atomic E-state index is 11.2. The van der Waals surface area contributed by atoms with Crippen molar-refractivity contribution in [3.05, 3.63) is 18.2 Å². The molecule has 0 bridgehead atoms. The zero-order valence-corrected chi connectivity index (χ0v) is 12.6. The van der Waals surface area contributed by atoms with E-state index in [1.54, 1.807) is 7.11 Å². The summed E-state index contributed by atoms with van der Waals surface area (Å²) in [5.41, 5.74) is 0.823. The van der Waals surface area contributed by atoms with E-state index in [4.69, 9.17) is 21.1 Å². The molecule has 0 fully saturated rings. The van der Waals surface area contributed by atoms with Gasteiger partial charge in [-0.15, -0.1) is 11.6 Å². The molecule has 0 atom stereocenters. The summed E-state index contributed by atoms with van der Waals surface area (Å²) in [7, 11) is 1.67. The van der Waals surface area contributed by atoms with Crippen molar-refractivity contribution in [3.8, 4) is 5.75 Å². The molecule has 0 unspecified atom stereocenters. The number of carbonyl (C=O) groups is 1. The second-order valence-electron chi connectivity index (χ2n) is 4.03. The highest BCUT2D eigenvalue weighted by atomic mass is 35.5. The Labute approximate surface area is 125 Å². The molecule has 2 rings (SSSR count). The Bertz CT molecular complexity index is 588. The van der Waals surface area contributed by atoms with E-state index in [1.165, 1.54) is 11.3 Å². The monoisotopic (exact) mass is 314 g/mol. The third-order valence-electron chi connectivity index (χ3n) is 2.49. The van der Waals surface area contributed by atoms with Crippen molar-refractivity contribution >= 4 is 44.2 Å². The lowest BCUT2D eigenvalue weighted by Crippen LogP contribution is -2.11. The fourth-order valence-electron chi connectivity index (χ4n) is 1.59. The summed E-state index contributed by atoms with van der Waals surface area (Å²) >= 11 is 6.84. The molecule has 20 heavy (non-hydrogen) atoms. The topological polar surface area (TPSA) is 60.5 Å². The summed E-state index contributed by atoms with van der Waals surface area (Å²) in [6.45, 7) is 1.28. The number of fused-ring (bicyclic) bond motifs is 1. The van der Waals surface area contributed by atoms with Crippen LogP contribution in [0.4, 0.5) is 5.13 Å². The van der Waals surface area contributed by atoms with E-state index in [0.29, 0.717) is 18.3 Å². The molecule has 0 aliphatic heterocycles. The Kier molecular flexibility index (Phi) is 5.58. The molecule has 7 heteroatoms. The molecule has 0 radical (unpaired) electrons. The Morgan fingerprint density at radius 2 is 2.30 bits per heavy atom. The first kappa shape index (κ1) is 15.0. The first-order valence-electron chi connectivity index (χ1n) is 6.11. The summed E-state index contributed by atoms with van der Waals surface area (Å²) in [6, 6.07) is 5.64. The molecule has 1 aromatic carbocycles. The molecule has 1 amide bonds. The van der Waals surface area contributed by atoms with E-state index in [1.807, 2.05) is 18.2 Å². The van der Waals surface area contributed by atoms with Gasteiger partial charge in [0.25, 0.3) is 0 Å². The van der Waals surface area contributed by atoms with Crippen LogP contribution in [-0.4, -0.2) is 37.1 Å². The second-order valence-corrected chi connectivity index (χ2v) is 5.32. The molecule has 0 spiro atoms. The molecular weight excluding hydrogens is 300 g/mol. The SMILES string of the molecule is COCCCOc1ccc2nc(NC(=O)CCl)sc2c1. The van der Waals surface area contributed by atoms with Gasteiger partial charge in [0.15, 0.2) is 5.13 Å². The van der Waals surface area contributed by atoms with Crippen LogP contribution in [0.25, 0.3) is 10.2 Å². The normalized spacial score (nSPS) is 10.7. The Balaban J connectivity index is 2.03. The number of nitrogens with one attached hydrogen (secondary N) is 1. The molecule has 0 saturated carbocycles. The molecule has 108 valence electrons. The largest absolute Gasteiger partial charge is 0.493 e. The van der Waals surface area contributed by atoms with Gasteiger partial charge in [0, 0.05) is 20.1 Å². The fraction of sp³-hybridized carbons (Fsp3) is 0.385. The highest BCUT2D eigenvalue weighted by molar-refractivity contribution is 7.22. The number of halogens is 1. The van der Waals surface area contributed by atoms with Gasteiger partial charge in [-0.2, -0.15) is 0 Å². The van der Waals surface area contributed by atoms with Crippen molar-refractivity contribution in [1.82, 2.24) is 4.98 Å². The van der Waals surface area contributed by atoms with Crippen LogP contribution in [0.5, 0.6) is 5.75 Å². The number of amides is 1. The molecule has 1 N–H and O–H groups in total. The van der Waals surface area contributed by atoms with E-state index in [2.05, 4.69) is 10.3 Å². The van der Waals surface area contributed by atoms with E-state index in [-0.39, 0.29) is 11.8 Å². The fourth-order valence-corrected chi connectivity index (χ4v) is 2.57. The van der Waals surface area contributed by atoms with Crippen molar-refractivity contribution in [2.45, 2.75) is 6.42 Å². The first-order valence-corrected chi connectivity index (χ1v) is 7.46. The molecule has 1 aromatic heterocycles. The Morgan fingerprint density at radius 1 is 1.45 bits per heavy atom. The number of anilines is 1. The second kappa shape index (κ2) is 7.42. The van der Waals surface area contributed by atoms with Crippen LogP contribution in [0.2, 0.25) is 0 Å². The molecule has 0 saturated heterocycles. The minimum Gasteiger partial charge on any atom is -0.493 e. The summed E-state index contributed by atoms with van der Waals surface area (Å²) < 4.78 is 11.5. The van der Waals surface area contributed by atoms with E-state index < -0.39 is 0 Å². The summed E-state index contributed by atoms with van der Waals surface area (Å²) in [5, 5.41) is 3.18. The number of thiazole rings is 1. The molecular formula is C13H15ClN2O3S. The molecule has 2 aromatic rings. The summed E-state index contributed by atoms with van der Waals surface area (Å²) in [5.74, 6) is 0.443. The highest BCUT2D eigenvalue weighted by Gasteiger charge is 2.07. The van der Waals surface area contributed by atoms with Crippen molar-refractivity contribution in [3.63, 3.8) is 0 Å². The number of rotatable bonds is 7. The van der Waals surface area contributed by atoms with Crippen LogP contribution in [0, 0.1) is 0 Å². The Hall–Kier alpha value is -1.37. The smallest absolute Gasteiger partial charge is 0.241 e. The number of alkyl halides is 1. The van der Waals surface area contributed by atoms with Crippen LogP contribution in [0.3, 0.4) is 0 Å². The number of methoxy groups -OCH3 is 1. The number of carbonyl (C=O) groups excluding carboxylic acids is 1. The van der Waals surface area contributed by atoms with Crippen LogP contribution in [-0.2, 0) is 9.53 Å². The van der Waals surface area contributed by atoms with Crippen molar-refractivity contribution < 1.29 is 14.3 Å². The lowest BCUT2D eigenvalue weighted by molar-refractivity contribution is -0.113. The number of nitrogens with zero attached hydrogens (tertiary/aromatic N) is 1. The van der Waals surface area contributed by atoms with Crippen molar-refractivity contribution in [2.75, 3.05) is 31.5 Å². The third-order valence-corrected chi connectivity index (χ3v) is 3.67. The average molecular weight is 315 g/mol. The number of hydrogen-bond donors (Lipinski definition) is 1. The van der Waals surface area contributed by atoms with Gasteiger partial charge in [-0.25, -0.2) is 4.98 Å². The van der Waals surface area contributed by atoms with Gasteiger partial charge in [-0.3, -0.25) is 4.79 Å². The van der Waals surface area contributed by atoms with Gasteiger partial charge in [-0.1, -0.05) is 11.3 Å². The van der Waals surface area contributed by atoms with Gasteiger partial charge in [0.05, 0.1) is 16.8 Å². The molecule has 5 nitrogen and oxygen atoms in total. The third kappa shape index (κ3) is 4.06. The van der Waals surface area contributed by atoms with Crippen molar-refractivity contribution in [1.29, 1.82) is 0 Å². The van der Waals surface area contributed by atoms with Gasteiger partial charge in [-0.05, 0) is 18.2 Å². The number of hydrogen-bond acceptors (Lipinski definition) is 5. The van der Waals surface area contributed by atoms with Crippen LogP contribution in [0.15, 0.2) is 18.2 Å². The van der Waals surface area contributed by atoms with E-state index in [0.717, 1.165) is 22.4 Å². The van der Waals surface area contributed by atoms with Gasteiger partial charge in [0.2, 0.25) is 5.91 Å². The standard InChI is InChI=1S/C13H15ClN2O3S/c1-18-5-2-6-19-9-3-4-10-11(7-9)20-13(15-10)16-12(17)8-14/h3-4,7H,2,5-6,8H2,1H3,(H,15,16,17). The summed E-state index contributed by atoms with van der Waals surface area (Å²) in [6.07, 6.45) is 0.842. The maximum Gasteiger partial charge on any atom is 0.241 e. The molecule has 0 aliphatic carbocycles. The average Bonchev–Trinajstić information content (AvgIpc) is 2.84. The lowest BCUT2D eigenvalue weighted by atomic mass is 10.3. The van der Waals surface area contributed by atoms with Crippen molar-refractivity contribution in [2.24, 2.45) is 0 Å². The van der Waals surface area contributed by atoms with Gasteiger partial charge < -0.3 is 14.8 Å². The van der Waals surface area contributed by atoms with Crippen LogP contribution < -0.4 is 10.1 Å². The highest BCUT2D eigenvalue weighted by Crippen LogP contribution is 2.29. The zero-order valence-electron chi connectivity index (χ0n) is 11.0. The van der Waals surface area contributed by atoms with E-state index >= 15 is 0 Å². The zero-order chi connectivity index (χ0) is 14.4. The van der Waals surface area contributed by atoms with Crippen LogP contribution in [0.1, 0.15) is 6.42 Å².